The molecule has 4 heterocycles. The molecular weight excluding hydrogens is 475 g/mol. The quantitative estimate of drug-likeness (QED) is 0.441. The van der Waals surface area contributed by atoms with E-state index in [0.717, 1.165) is 25.7 Å². The first-order valence-corrected chi connectivity index (χ1v) is 12.5. The van der Waals surface area contributed by atoms with E-state index in [1.54, 1.807) is 34.5 Å². The van der Waals surface area contributed by atoms with E-state index >= 15 is 0 Å². The molecule has 2 fully saturated rings. The summed E-state index contributed by atoms with van der Waals surface area (Å²) < 4.78 is 23.5. The minimum atomic E-state index is -0.571. The number of imidazole rings is 1. The van der Waals surface area contributed by atoms with E-state index < -0.39 is 17.5 Å². The molecule has 2 aliphatic rings. The number of halogens is 1. The van der Waals surface area contributed by atoms with Crippen LogP contribution >= 0.6 is 0 Å². The van der Waals surface area contributed by atoms with Gasteiger partial charge in [-0.05, 0) is 71.9 Å². The van der Waals surface area contributed by atoms with Crippen LogP contribution in [0.1, 0.15) is 58.6 Å². The molecule has 4 aromatic rings. The lowest BCUT2D eigenvalue weighted by molar-refractivity contribution is 0.0458. The summed E-state index contributed by atoms with van der Waals surface area (Å²) >= 11 is 0. The second-order valence-electron chi connectivity index (χ2n) is 11.5. The predicted molar refractivity (Wildman–Crippen MR) is 136 cm³/mol. The topological polar surface area (TPSA) is 103 Å². The number of nitrogens with zero attached hydrogens (tertiary/aromatic N) is 5. The number of ether oxygens (including phenoxy) is 1. The van der Waals surface area contributed by atoms with Gasteiger partial charge in [0.1, 0.15) is 5.60 Å². The predicted octanol–water partition coefficient (Wildman–Crippen LogP) is 4.49. The number of hydrogen-bond donors (Lipinski definition) is 1. The summed E-state index contributed by atoms with van der Waals surface area (Å²) in [6.45, 7) is 7.32. The SMILES string of the molecule is Cc1cn2cc(-c3ncc4c(=O)n(C56CCC(NC(=O)OC(C)(C)C)(CC5)C6)ccc4n3)cc(F)c2n1. The van der Waals surface area contributed by atoms with Crippen molar-refractivity contribution in [3.63, 3.8) is 0 Å². The summed E-state index contributed by atoms with van der Waals surface area (Å²) in [6, 6.07) is 3.17. The van der Waals surface area contributed by atoms with Crippen molar-refractivity contribution in [1.82, 2.24) is 29.2 Å². The number of aryl methyl sites for hydroxylation is 1. The van der Waals surface area contributed by atoms with Gasteiger partial charge in [-0.1, -0.05) is 0 Å². The van der Waals surface area contributed by atoms with Crippen molar-refractivity contribution in [2.45, 2.75) is 76.5 Å². The largest absolute Gasteiger partial charge is 0.444 e. The summed E-state index contributed by atoms with van der Waals surface area (Å²) in [5.41, 5.74) is 0.478. The first-order chi connectivity index (χ1) is 17.5. The molecule has 0 spiro atoms. The van der Waals surface area contributed by atoms with Crippen LogP contribution in [0.3, 0.4) is 0 Å². The second-order valence-corrected chi connectivity index (χ2v) is 11.5. The number of pyridine rings is 2. The molecule has 2 aliphatic carbocycles. The maximum atomic E-state index is 14.6. The highest BCUT2D eigenvalue weighted by Crippen LogP contribution is 2.54. The van der Waals surface area contributed by atoms with Gasteiger partial charge >= 0.3 is 6.09 Å². The molecule has 6 rings (SSSR count). The molecule has 1 amide bonds. The maximum absolute atomic E-state index is 14.6. The van der Waals surface area contributed by atoms with Crippen LogP contribution in [-0.4, -0.2) is 41.2 Å². The van der Waals surface area contributed by atoms with Gasteiger partial charge in [0.05, 0.1) is 16.6 Å². The van der Waals surface area contributed by atoms with E-state index in [-0.39, 0.29) is 22.3 Å². The number of hydrogen-bond acceptors (Lipinski definition) is 6. The van der Waals surface area contributed by atoms with Gasteiger partial charge in [0.25, 0.3) is 5.56 Å². The first kappa shape index (κ1) is 23.6. The molecule has 2 bridgehead atoms. The Balaban J connectivity index is 1.31. The molecular formula is C27H29FN6O3. The number of nitrogens with one attached hydrogen (secondary N) is 1. The van der Waals surface area contributed by atoms with Crippen LogP contribution in [0.5, 0.6) is 0 Å². The maximum Gasteiger partial charge on any atom is 0.408 e. The summed E-state index contributed by atoms with van der Waals surface area (Å²) in [5, 5.41) is 3.50. The molecule has 0 aromatic carbocycles. The number of rotatable bonds is 3. The molecule has 9 nitrogen and oxygen atoms in total. The summed E-state index contributed by atoms with van der Waals surface area (Å²) in [6.07, 6.45) is 10.2. The highest BCUT2D eigenvalue weighted by atomic mass is 19.1. The lowest BCUT2D eigenvalue weighted by atomic mass is 9.91. The van der Waals surface area contributed by atoms with Crippen LogP contribution in [0.15, 0.2) is 41.7 Å². The van der Waals surface area contributed by atoms with Crippen LogP contribution in [0.25, 0.3) is 27.9 Å². The van der Waals surface area contributed by atoms with Crippen LogP contribution in [0.4, 0.5) is 9.18 Å². The molecule has 0 atom stereocenters. The highest BCUT2D eigenvalue weighted by molar-refractivity contribution is 5.78. The van der Waals surface area contributed by atoms with E-state index in [4.69, 9.17) is 4.74 Å². The van der Waals surface area contributed by atoms with E-state index in [1.807, 2.05) is 26.8 Å². The van der Waals surface area contributed by atoms with Gasteiger partial charge < -0.3 is 19.0 Å². The number of aromatic nitrogens is 5. The Morgan fingerprint density at radius 1 is 1.16 bits per heavy atom. The normalized spacial score (nSPS) is 23.2. The van der Waals surface area contributed by atoms with Gasteiger partial charge in [-0.2, -0.15) is 0 Å². The molecule has 2 saturated carbocycles. The average Bonchev–Trinajstić information content (AvgIpc) is 3.49. The molecule has 192 valence electrons. The van der Waals surface area contributed by atoms with E-state index in [1.165, 1.54) is 12.3 Å². The minimum absolute atomic E-state index is 0.161. The van der Waals surface area contributed by atoms with Crippen LogP contribution < -0.4 is 10.9 Å². The van der Waals surface area contributed by atoms with Crippen molar-refractivity contribution in [2.75, 3.05) is 0 Å². The van der Waals surface area contributed by atoms with Crippen molar-refractivity contribution >= 4 is 22.6 Å². The minimum Gasteiger partial charge on any atom is -0.444 e. The third-order valence-electron chi connectivity index (χ3n) is 7.62. The third kappa shape index (κ3) is 3.95. The van der Waals surface area contributed by atoms with Crippen LogP contribution in [0, 0.1) is 12.7 Å². The zero-order valence-corrected chi connectivity index (χ0v) is 21.3. The molecule has 4 aromatic heterocycles. The summed E-state index contributed by atoms with van der Waals surface area (Å²) in [5.74, 6) is -0.132. The Kier molecular flexibility index (Phi) is 4.99. The Bertz CT molecular complexity index is 1630. The highest BCUT2D eigenvalue weighted by Gasteiger charge is 2.56. The monoisotopic (exact) mass is 504 g/mol. The third-order valence-corrected chi connectivity index (χ3v) is 7.62. The van der Waals surface area contributed by atoms with E-state index in [0.29, 0.717) is 34.4 Å². The fourth-order valence-corrected chi connectivity index (χ4v) is 6.04. The molecule has 0 aliphatic heterocycles. The molecule has 37 heavy (non-hydrogen) atoms. The van der Waals surface area contributed by atoms with Gasteiger partial charge in [0.15, 0.2) is 17.3 Å². The molecule has 0 radical (unpaired) electrons. The number of carbonyl (C=O) groups excluding carboxylic acids is 1. The summed E-state index contributed by atoms with van der Waals surface area (Å²) in [4.78, 5) is 39.2. The van der Waals surface area contributed by atoms with Crippen molar-refractivity contribution in [2.24, 2.45) is 0 Å². The van der Waals surface area contributed by atoms with Crippen molar-refractivity contribution in [1.29, 1.82) is 0 Å². The second kappa shape index (κ2) is 7.84. The molecule has 0 unspecified atom stereocenters. The Labute approximate surface area is 212 Å². The Morgan fingerprint density at radius 2 is 1.92 bits per heavy atom. The molecule has 10 heteroatoms. The molecule has 1 N–H and O–H groups in total. The number of amides is 1. The van der Waals surface area contributed by atoms with Gasteiger partial charge in [0, 0.05) is 41.4 Å². The van der Waals surface area contributed by atoms with Gasteiger partial charge in [-0.15, -0.1) is 0 Å². The summed E-state index contributed by atoms with van der Waals surface area (Å²) in [7, 11) is 0. The van der Waals surface area contributed by atoms with Crippen LogP contribution in [-0.2, 0) is 10.3 Å². The van der Waals surface area contributed by atoms with Crippen molar-refractivity contribution in [3.8, 4) is 11.4 Å². The van der Waals surface area contributed by atoms with Crippen molar-refractivity contribution < 1.29 is 13.9 Å². The smallest absolute Gasteiger partial charge is 0.408 e. The average molecular weight is 505 g/mol. The Hall–Kier alpha value is -3.82. The van der Waals surface area contributed by atoms with Gasteiger partial charge in [-0.3, -0.25) is 4.79 Å². The van der Waals surface area contributed by atoms with Crippen LogP contribution in [0.2, 0.25) is 0 Å². The zero-order valence-electron chi connectivity index (χ0n) is 21.3. The standard InChI is InChI=1S/C27H29FN6O3/c1-16-13-33-14-17(11-19(28)22(33)30-16)21-29-12-18-20(31-21)5-10-34(23(18)35)27-8-6-26(15-27,7-9-27)32-24(36)37-25(2,3)4/h5,10-14H,6-9,15H2,1-4H3,(H,32,36). The van der Waals surface area contributed by atoms with E-state index in [9.17, 15) is 14.0 Å². The first-order valence-electron chi connectivity index (χ1n) is 12.5. The van der Waals surface area contributed by atoms with E-state index in [2.05, 4.69) is 20.3 Å². The lowest BCUT2D eigenvalue weighted by Gasteiger charge is -2.30. The van der Waals surface area contributed by atoms with Gasteiger partial charge in [-0.25, -0.2) is 24.1 Å². The fraction of sp³-hybridized carbons (Fsp3) is 0.444. The fourth-order valence-electron chi connectivity index (χ4n) is 6.04. The van der Waals surface area contributed by atoms with Gasteiger partial charge in [0.2, 0.25) is 0 Å². The van der Waals surface area contributed by atoms with Crippen molar-refractivity contribution in [3.05, 3.63) is 58.8 Å². The Morgan fingerprint density at radius 3 is 2.65 bits per heavy atom. The number of fused-ring (bicyclic) bond motifs is 4. The molecule has 0 saturated heterocycles. The number of carbonyl (C=O) groups is 1. The lowest BCUT2D eigenvalue weighted by Crippen LogP contribution is -2.47. The number of alkyl carbamates (subject to hydrolysis) is 1. The zero-order chi connectivity index (χ0) is 26.2.